The average molecular weight is 691 g/mol. The number of carbonyl (C=O) groups is 2. The molecule has 0 spiro atoms. The molecule has 2 fully saturated rings. The van der Waals surface area contributed by atoms with Gasteiger partial charge in [0, 0.05) is 26.1 Å². The van der Waals surface area contributed by atoms with E-state index in [2.05, 4.69) is 20.4 Å². The molecule has 12 nitrogen and oxygen atoms in total. The van der Waals surface area contributed by atoms with Gasteiger partial charge in [-0.15, -0.1) is 0 Å². The number of aromatic amines is 1. The molecule has 5 rings (SSSR count). The Bertz CT molecular complexity index is 1520. The Labute approximate surface area is 280 Å². The quantitative estimate of drug-likeness (QED) is 0.357. The number of β-amino-alcohol motifs (C(OH)–C–C–N with tert-alkyl or cyclic N) is 1. The summed E-state index contributed by atoms with van der Waals surface area (Å²) in [5.41, 5.74) is 0.662. The minimum atomic E-state index is -0.785. The molecule has 44 heavy (non-hydrogen) atoms. The molecule has 0 radical (unpaired) electrons. The van der Waals surface area contributed by atoms with E-state index in [9.17, 15) is 19.5 Å². The molecular formula is C28H41Cl2N7O5S2. The van der Waals surface area contributed by atoms with Crippen molar-refractivity contribution in [2.75, 3.05) is 25.0 Å². The molecule has 0 bridgehead atoms. The zero-order valence-corrected chi connectivity index (χ0v) is 27.6. The zero-order chi connectivity index (χ0) is 29.5. The summed E-state index contributed by atoms with van der Waals surface area (Å²) < 4.78 is 7.13. The summed E-state index contributed by atoms with van der Waals surface area (Å²) in [6.07, 6.45) is 1.48. The third-order valence-corrected chi connectivity index (χ3v) is 7.95. The molecule has 2 saturated heterocycles. The first-order valence-electron chi connectivity index (χ1n) is 13.5. The van der Waals surface area contributed by atoms with E-state index in [1.807, 2.05) is 6.07 Å². The van der Waals surface area contributed by atoms with E-state index in [0.29, 0.717) is 59.5 Å². The third kappa shape index (κ3) is 8.33. The minimum Gasteiger partial charge on any atom is -0.444 e. The van der Waals surface area contributed by atoms with Crippen LogP contribution in [0.25, 0.3) is 11.0 Å². The van der Waals surface area contributed by atoms with Crippen LogP contribution in [-0.2, 0) is 16.1 Å². The Morgan fingerprint density at radius 1 is 1.16 bits per heavy atom. The number of rotatable bonds is 5. The molecule has 0 aliphatic carbocycles. The summed E-state index contributed by atoms with van der Waals surface area (Å²) in [4.78, 5) is 49.4. The topological polar surface area (TPSA) is 146 Å². The fraction of sp³-hybridized carbons (Fsp3) is 0.536. The van der Waals surface area contributed by atoms with E-state index in [0.717, 1.165) is 5.56 Å². The summed E-state index contributed by atoms with van der Waals surface area (Å²) in [5.74, 6) is 0.0928. The lowest BCUT2D eigenvalue weighted by Crippen LogP contribution is -2.51. The smallest absolute Gasteiger partial charge is 0.411 e. The highest BCUT2D eigenvalue weighted by Gasteiger charge is 2.43. The first-order valence-corrected chi connectivity index (χ1v) is 14.3. The lowest BCUT2D eigenvalue weighted by molar-refractivity contribution is -0.137. The molecule has 2 amide bonds. The van der Waals surface area contributed by atoms with Crippen molar-refractivity contribution in [3.8, 4) is 0 Å². The van der Waals surface area contributed by atoms with Crippen molar-refractivity contribution < 1.29 is 19.4 Å². The molecule has 2 aromatic heterocycles. The molecule has 3 N–H and O–H groups in total. The van der Waals surface area contributed by atoms with Crippen LogP contribution in [0.5, 0.6) is 0 Å². The highest BCUT2D eigenvalue weighted by Crippen LogP contribution is 2.28. The molecule has 1 aromatic carbocycles. The lowest BCUT2D eigenvalue weighted by Gasteiger charge is -2.35. The Hall–Kier alpha value is -2.65. The fourth-order valence-electron chi connectivity index (χ4n) is 5.28. The highest BCUT2D eigenvalue weighted by molar-refractivity contribution is 7.59. The van der Waals surface area contributed by atoms with Crippen LogP contribution in [0.15, 0.2) is 29.2 Å². The number of hydrogen-bond acceptors (Lipinski definition) is 8. The van der Waals surface area contributed by atoms with Crippen LogP contribution in [0.3, 0.4) is 0 Å². The maximum atomic E-state index is 13.4. The van der Waals surface area contributed by atoms with E-state index >= 15 is 0 Å². The number of amides is 2. The number of aliphatic hydroxyl groups is 1. The largest absolute Gasteiger partial charge is 0.444 e. The van der Waals surface area contributed by atoms with E-state index in [-0.39, 0.29) is 64.9 Å². The third-order valence-electron chi connectivity index (χ3n) is 7.21. The molecule has 0 saturated carbocycles. The van der Waals surface area contributed by atoms with Gasteiger partial charge in [-0.3, -0.25) is 24.2 Å². The van der Waals surface area contributed by atoms with E-state index in [1.54, 1.807) is 48.7 Å². The van der Waals surface area contributed by atoms with Crippen molar-refractivity contribution in [1.29, 1.82) is 0 Å². The van der Waals surface area contributed by atoms with E-state index in [1.165, 1.54) is 4.90 Å². The number of H-pyrrole nitrogens is 1. The normalized spacial score (nSPS) is 18.7. The van der Waals surface area contributed by atoms with Crippen LogP contribution in [0.4, 0.5) is 10.7 Å². The number of aliphatic hydroxyl groups excluding tert-OH is 1. The number of likely N-dealkylation sites (tertiary alicyclic amines) is 2. The van der Waals surface area contributed by atoms with Gasteiger partial charge in [0.05, 0.1) is 34.9 Å². The maximum absolute atomic E-state index is 13.4. The fourth-order valence-corrected chi connectivity index (χ4v) is 5.60. The molecule has 2 aliphatic rings. The van der Waals surface area contributed by atoms with Crippen LogP contribution in [-0.4, -0.2) is 84.0 Å². The van der Waals surface area contributed by atoms with Crippen LogP contribution in [0, 0.1) is 0 Å². The van der Waals surface area contributed by atoms with Gasteiger partial charge < -0.3 is 20.1 Å². The first-order chi connectivity index (χ1) is 19.4. The molecule has 244 valence electrons. The van der Waals surface area contributed by atoms with Crippen molar-refractivity contribution in [3.05, 3.63) is 50.4 Å². The zero-order valence-electron chi connectivity index (χ0n) is 24.1. The van der Waals surface area contributed by atoms with Crippen LogP contribution < -0.4 is 10.9 Å². The Morgan fingerprint density at radius 2 is 1.84 bits per heavy atom. The van der Waals surface area contributed by atoms with Gasteiger partial charge in [0.2, 0.25) is 11.9 Å². The van der Waals surface area contributed by atoms with Crippen molar-refractivity contribution in [1.82, 2.24) is 29.5 Å². The highest BCUT2D eigenvalue weighted by atomic mass is 35.5. The number of carbonyl (C=O) groups excluding carboxylic acids is 2. The van der Waals surface area contributed by atoms with Gasteiger partial charge in [-0.05, 0) is 51.3 Å². The number of aromatic nitrogens is 4. The van der Waals surface area contributed by atoms with E-state index in [4.69, 9.17) is 27.9 Å². The summed E-state index contributed by atoms with van der Waals surface area (Å²) in [6.45, 7) is 6.56. The van der Waals surface area contributed by atoms with Crippen molar-refractivity contribution in [2.45, 2.75) is 77.8 Å². The molecular weight excluding hydrogens is 649 g/mol. The molecule has 0 unspecified atom stereocenters. The van der Waals surface area contributed by atoms with Gasteiger partial charge in [0.1, 0.15) is 17.2 Å². The van der Waals surface area contributed by atoms with Gasteiger partial charge in [0.15, 0.2) is 5.52 Å². The number of nitrogens with zero attached hydrogens (tertiary/aromatic N) is 5. The van der Waals surface area contributed by atoms with Gasteiger partial charge in [-0.25, -0.2) is 9.78 Å². The predicted molar refractivity (Wildman–Crippen MR) is 182 cm³/mol. The number of benzene rings is 1. The van der Waals surface area contributed by atoms with Crippen LogP contribution in [0.1, 0.15) is 59.1 Å². The van der Waals surface area contributed by atoms with Gasteiger partial charge in [-0.2, -0.15) is 32.1 Å². The van der Waals surface area contributed by atoms with Crippen molar-refractivity contribution >= 4 is 79.2 Å². The number of halogens is 2. The maximum Gasteiger partial charge on any atom is 0.411 e. The number of ether oxygens (including phenoxy) is 1. The SMILES string of the molecule is C.CC(C)(C)OC(=O)N1C[C@@H](O)C[C@H]1C(=O)N1CCC(n2ncc3nc(NCc4ccc(Cl)c(Cl)c4)[nH]c(=O)c32)CC1.S.S. The number of hydrogen-bond donors (Lipinski definition) is 3. The summed E-state index contributed by atoms with van der Waals surface area (Å²) in [6, 6.07) is 4.40. The second kappa shape index (κ2) is 15.1. The minimum absolute atomic E-state index is 0. The summed E-state index contributed by atoms with van der Waals surface area (Å²) >= 11 is 12.1. The number of piperidine rings is 1. The predicted octanol–water partition coefficient (Wildman–Crippen LogP) is 4.43. The summed E-state index contributed by atoms with van der Waals surface area (Å²) in [7, 11) is 0. The Balaban J connectivity index is 0.00000225. The summed E-state index contributed by atoms with van der Waals surface area (Å²) in [5, 5.41) is 18.7. The second-order valence-corrected chi connectivity index (χ2v) is 12.2. The molecule has 2 atom stereocenters. The van der Waals surface area contributed by atoms with Crippen LogP contribution >= 0.6 is 50.2 Å². The second-order valence-electron chi connectivity index (χ2n) is 11.4. The number of nitrogens with one attached hydrogen (secondary N) is 2. The monoisotopic (exact) mass is 689 g/mol. The molecule has 4 heterocycles. The Kier molecular flexibility index (Phi) is 12.9. The lowest BCUT2D eigenvalue weighted by atomic mass is 10.0. The molecule has 2 aliphatic heterocycles. The van der Waals surface area contributed by atoms with E-state index < -0.39 is 23.8 Å². The van der Waals surface area contributed by atoms with Gasteiger partial charge >= 0.3 is 6.09 Å². The number of anilines is 1. The number of fused-ring (bicyclic) bond motifs is 1. The van der Waals surface area contributed by atoms with Crippen molar-refractivity contribution in [3.63, 3.8) is 0 Å². The molecule has 16 heteroatoms. The average Bonchev–Trinajstić information content (AvgIpc) is 3.52. The van der Waals surface area contributed by atoms with Gasteiger partial charge in [0.25, 0.3) is 5.56 Å². The van der Waals surface area contributed by atoms with Gasteiger partial charge in [-0.1, -0.05) is 36.7 Å². The first kappa shape index (κ1) is 37.5. The molecule has 3 aromatic rings. The Morgan fingerprint density at radius 3 is 2.48 bits per heavy atom. The standard InChI is InChI=1S/C27H33Cl2N7O5.CH4.2H2S/c1-27(2,3)41-26(40)35-14-17(37)11-21(35)24(39)34-8-6-16(7-9-34)36-22-20(13-31-36)32-25(33-23(22)38)30-12-15-4-5-18(28)19(29)10-15;;;/h4-5,10,13,16-17,21,37H,6-9,11-12,14H2,1-3H3,(H2,30,32,33,38);1H4;2*1H2/t17-,21-;;;/m0.../s1. The van der Waals surface area contributed by atoms with Crippen LogP contribution in [0.2, 0.25) is 10.0 Å². The van der Waals surface area contributed by atoms with Crippen molar-refractivity contribution in [2.24, 2.45) is 0 Å².